The van der Waals surface area contributed by atoms with Crippen molar-refractivity contribution in [3.05, 3.63) is 29.8 Å². The van der Waals surface area contributed by atoms with Crippen molar-refractivity contribution in [1.29, 1.82) is 0 Å². The number of nitrogens with zero attached hydrogens (tertiary/aromatic N) is 1. The van der Waals surface area contributed by atoms with Gasteiger partial charge in [0.25, 0.3) is 11.3 Å². The minimum absolute atomic E-state index is 0.491. The van der Waals surface area contributed by atoms with Gasteiger partial charge >= 0.3 is 0 Å². The van der Waals surface area contributed by atoms with Crippen LogP contribution in [0.3, 0.4) is 0 Å². The van der Waals surface area contributed by atoms with Crippen LogP contribution in [-0.2, 0) is 11.3 Å². The van der Waals surface area contributed by atoms with Crippen molar-refractivity contribution in [3.8, 4) is 0 Å². The van der Waals surface area contributed by atoms with Crippen molar-refractivity contribution in [2.45, 2.75) is 13.3 Å². The lowest BCUT2D eigenvalue weighted by Crippen LogP contribution is -2.28. The van der Waals surface area contributed by atoms with E-state index >= 15 is 0 Å². The molecule has 4 nitrogen and oxygen atoms in total. The third-order valence-electron chi connectivity index (χ3n) is 2.14. The lowest BCUT2D eigenvalue weighted by atomic mass is 10.2. The highest BCUT2D eigenvalue weighted by Gasteiger charge is 2.12. The smallest absolute Gasteiger partial charge is 0.261 e. The molecule has 0 radical (unpaired) electrons. The van der Waals surface area contributed by atoms with Crippen molar-refractivity contribution in [2.75, 3.05) is 17.4 Å². The molecule has 0 aliphatic heterocycles. The first-order valence-corrected chi connectivity index (χ1v) is 5.87. The van der Waals surface area contributed by atoms with E-state index in [9.17, 15) is 8.76 Å². The average Bonchev–Trinajstić information content (AvgIpc) is 2.20. The fourth-order valence-electron chi connectivity index (χ4n) is 1.36. The Morgan fingerprint density at radius 3 is 2.67 bits per heavy atom. The van der Waals surface area contributed by atoms with Crippen LogP contribution in [0.1, 0.15) is 12.0 Å². The molecule has 0 heterocycles. The molecule has 1 rings (SSSR count). The molecule has 0 aromatic heterocycles. The van der Waals surface area contributed by atoms with Crippen LogP contribution in [0.15, 0.2) is 24.3 Å². The number of benzene rings is 1. The quantitative estimate of drug-likeness (QED) is 0.746. The zero-order chi connectivity index (χ0) is 11.3. The zero-order valence-corrected chi connectivity index (χ0v) is 9.54. The van der Waals surface area contributed by atoms with Gasteiger partial charge in [-0.25, -0.2) is 4.21 Å². The molecule has 1 unspecified atom stereocenters. The lowest BCUT2D eigenvalue weighted by molar-refractivity contribution is 0.557. The van der Waals surface area contributed by atoms with E-state index in [-0.39, 0.29) is 0 Å². The monoisotopic (exact) mass is 228 g/mol. The van der Waals surface area contributed by atoms with Crippen molar-refractivity contribution in [3.63, 3.8) is 0 Å². The summed E-state index contributed by atoms with van der Waals surface area (Å²) in [7, 11) is 0. The second kappa shape index (κ2) is 5.85. The van der Waals surface area contributed by atoms with Crippen LogP contribution in [0.5, 0.6) is 0 Å². The number of hydrogen-bond donors (Lipinski definition) is 2. The molecule has 0 aliphatic carbocycles. The molecule has 1 aromatic carbocycles. The van der Waals surface area contributed by atoms with E-state index in [2.05, 4.69) is 0 Å². The standard InChI is InChI=1S/C10H16N2O2S/c1-9-5-2-3-6-10(9)12(15(13)14)8-4-7-11/h2-3,5-6H,4,7-8,11H2,1H3,(H,13,14). The van der Waals surface area contributed by atoms with E-state index in [1.54, 1.807) is 0 Å². The summed E-state index contributed by atoms with van der Waals surface area (Å²) < 4.78 is 21.8. The van der Waals surface area contributed by atoms with Crippen LogP contribution in [-0.4, -0.2) is 21.9 Å². The highest BCUT2D eigenvalue weighted by molar-refractivity contribution is 7.80. The van der Waals surface area contributed by atoms with Gasteiger partial charge in [0.15, 0.2) is 0 Å². The van der Waals surface area contributed by atoms with E-state index in [0.717, 1.165) is 11.3 Å². The SMILES string of the molecule is Cc1ccccc1N(CCCN)S(=O)O. The molecule has 0 saturated carbocycles. The van der Waals surface area contributed by atoms with Crippen LogP contribution in [0, 0.1) is 6.92 Å². The fraction of sp³-hybridized carbons (Fsp3) is 0.400. The molecule has 0 fully saturated rings. The summed E-state index contributed by atoms with van der Waals surface area (Å²) in [5.41, 5.74) is 7.15. The van der Waals surface area contributed by atoms with E-state index in [4.69, 9.17) is 5.73 Å². The number of nitrogens with two attached hydrogens (primary N) is 1. The Kier molecular flexibility index (Phi) is 4.74. The fourth-order valence-corrected chi connectivity index (χ4v) is 2.02. The molecule has 3 N–H and O–H groups in total. The molecule has 1 atom stereocenters. The first-order chi connectivity index (χ1) is 7.16. The molecule has 0 spiro atoms. The van der Waals surface area contributed by atoms with Crippen LogP contribution < -0.4 is 10.0 Å². The van der Waals surface area contributed by atoms with Gasteiger partial charge in [-0.15, -0.1) is 0 Å². The highest BCUT2D eigenvalue weighted by atomic mass is 32.2. The molecular formula is C10H16N2O2S. The Labute approximate surface area is 92.5 Å². The van der Waals surface area contributed by atoms with E-state index in [1.165, 1.54) is 4.31 Å². The number of para-hydroxylation sites is 1. The van der Waals surface area contributed by atoms with Crippen molar-refractivity contribution in [2.24, 2.45) is 5.73 Å². The Hall–Kier alpha value is -0.910. The molecule has 0 aliphatic rings. The average molecular weight is 228 g/mol. The number of anilines is 1. The maximum atomic E-state index is 11.2. The van der Waals surface area contributed by atoms with Crippen LogP contribution >= 0.6 is 0 Å². The van der Waals surface area contributed by atoms with Crippen molar-refractivity contribution in [1.82, 2.24) is 0 Å². The zero-order valence-electron chi connectivity index (χ0n) is 8.72. The molecule has 1 aromatic rings. The van der Waals surface area contributed by atoms with Gasteiger partial charge in [0, 0.05) is 6.54 Å². The maximum absolute atomic E-state index is 11.2. The normalized spacial score (nSPS) is 12.5. The maximum Gasteiger partial charge on any atom is 0.261 e. The topological polar surface area (TPSA) is 66.6 Å². The summed E-state index contributed by atoms with van der Waals surface area (Å²) in [5, 5.41) is 0. The van der Waals surface area contributed by atoms with Crippen LogP contribution in [0.25, 0.3) is 0 Å². The Morgan fingerprint density at radius 2 is 2.13 bits per heavy atom. The minimum Gasteiger partial charge on any atom is -0.330 e. The molecule has 0 bridgehead atoms. The molecule has 5 heteroatoms. The predicted molar refractivity (Wildman–Crippen MR) is 63.0 cm³/mol. The summed E-state index contributed by atoms with van der Waals surface area (Å²) in [6, 6.07) is 7.50. The molecule has 0 amide bonds. The third kappa shape index (κ3) is 3.30. The van der Waals surface area contributed by atoms with E-state index < -0.39 is 11.3 Å². The summed E-state index contributed by atoms with van der Waals surface area (Å²) in [5.74, 6) is 0. The second-order valence-corrected chi connectivity index (χ2v) is 4.16. The Balaban J connectivity index is 2.89. The van der Waals surface area contributed by atoms with E-state index in [0.29, 0.717) is 19.5 Å². The number of aryl methyl sites for hydroxylation is 1. The summed E-state index contributed by atoms with van der Waals surface area (Å²) >= 11 is -1.99. The first kappa shape index (κ1) is 12.2. The summed E-state index contributed by atoms with van der Waals surface area (Å²) in [6.07, 6.45) is 0.695. The van der Waals surface area contributed by atoms with Crippen molar-refractivity contribution >= 4 is 17.0 Å². The molecule has 15 heavy (non-hydrogen) atoms. The molecule has 0 saturated heterocycles. The van der Waals surface area contributed by atoms with Crippen LogP contribution in [0.4, 0.5) is 5.69 Å². The van der Waals surface area contributed by atoms with Gasteiger partial charge in [0.05, 0.1) is 5.69 Å². The summed E-state index contributed by atoms with van der Waals surface area (Å²) in [6.45, 7) is 2.92. The number of rotatable bonds is 5. The second-order valence-electron chi connectivity index (χ2n) is 3.26. The van der Waals surface area contributed by atoms with Gasteiger partial charge in [-0.05, 0) is 31.5 Å². The Bertz CT molecular complexity index is 344. The van der Waals surface area contributed by atoms with Gasteiger partial charge in [-0.3, -0.25) is 8.86 Å². The molecule has 84 valence electrons. The van der Waals surface area contributed by atoms with E-state index in [1.807, 2.05) is 31.2 Å². The van der Waals surface area contributed by atoms with Gasteiger partial charge in [-0.1, -0.05) is 18.2 Å². The lowest BCUT2D eigenvalue weighted by Gasteiger charge is -2.21. The predicted octanol–water partition coefficient (Wildman–Crippen LogP) is 1.29. The largest absolute Gasteiger partial charge is 0.330 e. The van der Waals surface area contributed by atoms with Crippen molar-refractivity contribution < 1.29 is 8.76 Å². The molecular weight excluding hydrogens is 212 g/mol. The van der Waals surface area contributed by atoms with Gasteiger partial charge in [0.2, 0.25) is 0 Å². The Morgan fingerprint density at radius 1 is 1.47 bits per heavy atom. The third-order valence-corrected chi connectivity index (χ3v) is 2.89. The van der Waals surface area contributed by atoms with Gasteiger partial charge in [0.1, 0.15) is 0 Å². The first-order valence-electron chi connectivity index (χ1n) is 4.81. The van der Waals surface area contributed by atoms with Crippen LogP contribution in [0.2, 0.25) is 0 Å². The number of hydrogen-bond acceptors (Lipinski definition) is 2. The van der Waals surface area contributed by atoms with Gasteiger partial charge in [-0.2, -0.15) is 0 Å². The summed E-state index contributed by atoms with van der Waals surface area (Å²) in [4.78, 5) is 0. The van der Waals surface area contributed by atoms with Gasteiger partial charge < -0.3 is 5.73 Å². The minimum atomic E-state index is -1.99. The highest BCUT2D eigenvalue weighted by Crippen LogP contribution is 2.20.